The molecule has 6 nitrogen and oxygen atoms in total. The monoisotopic (exact) mass is 260 g/mol. The zero-order valence-corrected chi connectivity index (χ0v) is 10.6. The van der Waals surface area contributed by atoms with E-state index in [0.29, 0.717) is 18.8 Å². The van der Waals surface area contributed by atoms with Crippen molar-refractivity contribution in [2.45, 2.75) is 24.9 Å². The van der Waals surface area contributed by atoms with Gasteiger partial charge in [0.05, 0.1) is 5.54 Å². The van der Waals surface area contributed by atoms with Crippen molar-refractivity contribution in [1.29, 1.82) is 5.26 Å². The molecule has 3 heterocycles. The number of rotatable bonds is 0. The Morgan fingerprint density at radius 1 is 1.37 bits per heavy atom. The maximum atomic E-state index is 11.5. The summed E-state index contributed by atoms with van der Waals surface area (Å²) >= 11 is 0. The molecule has 6 heteroatoms. The SMILES string of the molecule is N#Cc1ccc2n1CCN(C(=O)O)C21CCNCC1. The third-order valence-corrected chi connectivity index (χ3v) is 4.30. The predicted molar refractivity (Wildman–Crippen MR) is 67.7 cm³/mol. The number of amides is 1. The molecule has 0 aliphatic carbocycles. The van der Waals surface area contributed by atoms with E-state index in [1.54, 1.807) is 11.0 Å². The Labute approximate surface area is 111 Å². The van der Waals surface area contributed by atoms with Crippen LogP contribution in [0.3, 0.4) is 0 Å². The molecule has 0 aromatic carbocycles. The molecule has 1 aromatic rings. The molecule has 2 aliphatic heterocycles. The number of carboxylic acid groups (broad SMARTS) is 1. The normalized spacial score (nSPS) is 20.9. The fraction of sp³-hybridized carbons (Fsp3) is 0.538. The molecule has 1 aromatic heterocycles. The van der Waals surface area contributed by atoms with Crippen LogP contribution in [0, 0.1) is 11.3 Å². The van der Waals surface area contributed by atoms with E-state index in [1.165, 1.54) is 0 Å². The highest BCUT2D eigenvalue weighted by molar-refractivity contribution is 5.67. The number of nitrogens with one attached hydrogen (secondary N) is 1. The molecule has 1 fully saturated rings. The molecule has 100 valence electrons. The standard InChI is InChI=1S/C13H16N4O2/c14-9-10-1-2-11-13(3-5-15-6-4-13)17(12(18)19)8-7-16(10)11/h1-2,15H,3-8H2,(H,18,19). The van der Waals surface area contributed by atoms with Gasteiger partial charge in [0.15, 0.2) is 0 Å². The van der Waals surface area contributed by atoms with Crippen molar-refractivity contribution in [3.63, 3.8) is 0 Å². The second-order valence-electron chi connectivity index (χ2n) is 5.08. The van der Waals surface area contributed by atoms with Gasteiger partial charge in [-0.15, -0.1) is 0 Å². The first-order valence-corrected chi connectivity index (χ1v) is 6.50. The number of hydrogen-bond acceptors (Lipinski definition) is 3. The lowest BCUT2D eigenvalue weighted by Gasteiger charge is -2.48. The second kappa shape index (κ2) is 4.28. The molecule has 1 saturated heterocycles. The molecule has 2 aliphatic rings. The fourth-order valence-electron chi connectivity index (χ4n) is 3.41. The lowest BCUT2D eigenvalue weighted by molar-refractivity contribution is 0.0296. The summed E-state index contributed by atoms with van der Waals surface area (Å²) in [7, 11) is 0. The van der Waals surface area contributed by atoms with Crippen molar-refractivity contribution in [2.75, 3.05) is 19.6 Å². The van der Waals surface area contributed by atoms with Gasteiger partial charge in [0.25, 0.3) is 0 Å². The number of aromatic nitrogens is 1. The highest BCUT2D eigenvalue weighted by Gasteiger charge is 2.46. The van der Waals surface area contributed by atoms with Crippen LogP contribution in [0.15, 0.2) is 12.1 Å². The molecule has 1 spiro atoms. The van der Waals surface area contributed by atoms with E-state index < -0.39 is 11.6 Å². The van der Waals surface area contributed by atoms with Crippen molar-refractivity contribution >= 4 is 6.09 Å². The van der Waals surface area contributed by atoms with Crippen molar-refractivity contribution in [3.05, 3.63) is 23.5 Å². The Balaban J connectivity index is 2.13. The molecule has 0 bridgehead atoms. The Hall–Kier alpha value is -2.00. The maximum absolute atomic E-state index is 11.5. The quantitative estimate of drug-likeness (QED) is 0.727. The van der Waals surface area contributed by atoms with Crippen LogP contribution in [-0.2, 0) is 12.1 Å². The zero-order valence-electron chi connectivity index (χ0n) is 10.6. The summed E-state index contributed by atoms with van der Waals surface area (Å²) in [6.45, 7) is 2.62. The summed E-state index contributed by atoms with van der Waals surface area (Å²) in [5, 5.41) is 21.9. The van der Waals surface area contributed by atoms with Crippen LogP contribution in [-0.4, -0.2) is 40.3 Å². The van der Waals surface area contributed by atoms with Gasteiger partial charge in [-0.05, 0) is 38.1 Å². The van der Waals surface area contributed by atoms with E-state index >= 15 is 0 Å². The van der Waals surface area contributed by atoms with Gasteiger partial charge in [-0.3, -0.25) is 4.90 Å². The van der Waals surface area contributed by atoms with E-state index in [9.17, 15) is 9.90 Å². The van der Waals surface area contributed by atoms with Gasteiger partial charge in [-0.2, -0.15) is 5.26 Å². The van der Waals surface area contributed by atoms with Gasteiger partial charge < -0.3 is 15.0 Å². The Bertz CT molecular complexity index is 551. The maximum Gasteiger partial charge on any atom is 0.408 e. The molecular weight excluding hydrogens is 244 g/mol. The van der Waals surface area contributed by atoms with Gasteiger partial charge in [-0.25, -0.2) is 4.79 Å². The second-order valence-corrected chi connectivity index (χ2v) is 5.08. The van der Waals surface area contributed by atoms with Crippen LogP contribution in [0.1, 0.15) is 24.2 Å². The third-order valence-electron chi connectivity index (χ3n) is 4.30. The minimum atomic E-state index is -0.868. The van der Waals surface area contributed by atoms with Crippen molar-refractivity contribution in [1.82, 2.24) is 14.8 Å². The molecule has 2 N–H and O–H groups in total. The highest BCUT2D eigenvalue weighted by atomic mass is 16.4. The molecular formula is C13H16N4O2. The minimum absolute atomic E-state index is 0.450. The Morgan fingerprint density at radius 3 is 2.74 bits per heavy atom. The largest absolute Gasteiger partial charge is 0.465 e. The summed E-state index contributed by atoms with van der Waals surface area (Å²) in [6.07, 6.45) is 0.649. The molecule has 19 heavy (non-hydrogen) atoms. The minimum Gasteiger partial charge on any atom is -0.465 e. The molecule has 0 unspecified atom stereocenters. The predicted octanol–water partition coefficient (Wildman–Crippen LogP) is 0.932. The van der Waals surface area contributed by atoms with Crippen molar-refractivity contribution in [2.24, 2.45) is 0 Å². The van der Waals surface area contributed by atoms with Crippen LogP contribution < -0.4 is 5.32 Å². The van der Waals surface area contributed by atoms with Gasteiger partial charge >= 0.3 is 6.09 Å². The Morgan fingerprint density at radius 2 is 2.11 bits per heavy atom. The van der Waals surface area contributed by atoms with Crippen molar-refractivity contribution in [3.8, 4) is 6.07 Å². The first-order valence-electron chi connectivity index (χ1n) is 6.50. The van der Waals surface area contributed by atoms with Gasteiger partial charge in [-0.1, -0.05) is 0 Å². The van der Waals surface area contributed by atoms with E-state index in [-0.39, 0.29) is 0 Å². The molecule has 0 radical (unpaired) electrons. The molecule has 0 saturated carbocycles. The zero-order chi connectivity index (χ0) is 13.5. The average Bonchev–Trinajstić information content (AvgIpc) is 2.84. The lowest BCUT2D eigenvalue weighted by Crippen LogP contribution is -2.58. The number of nitriles is 1. The van der Waals surface area contributed by atoms with Crippen LogP contribution in [0.25, 0.3) is 0 Å². The van der Waals surface area contributed by atoms with Crippen LogP contribution in [0.2, 0.25) is 0 Å². The highest BCUT2D eigenvalue weighted by Crippen LogP contribution is 2.40. The van der Waals surface area contributed by atoms with Crippen LogP contribution >= 0.6 is 0 Å². The summed E-state index contributed by atoms with van der Waals surface area (Å²) in [6, 6.07) is 5.89. The van der Waals surface area contributed by atoms with Crippen LogP contribution in [0.4, 0.5) is 4.79 Å². The number of nitrogens with zero attached hydrogens (tertiary/aromatic N) is 3. The topological polar surface area (TPSA) is 81.3 Å². The third kappa shape index (κ3) is 1.62. The number of hydrogen-bond donors (Lipinski definition) is 2. The molecule has 3 rings (SSSR count). The van der Waals surface area contributed by atoms with Gasteiger partial charge in [0, 0.05) is 18.8 Å². The first-order chi connectivity index (χ1) is 9.19. The summed E-state index contributed by atoms with van der Waals surface area (Å²) in [5.74, 6) is 0. The Kier molecular flexibility index (Phi) is 2.72. The number of fused-ring (bicyclic) bond motifs is 2. The first kappa shape index (κ1) is 12.1. The summed E-state index contributed by atoms with van der Waals surface area (Å²) in [4.78, 5) is 13.1. The van der Waals surface area contributed by atoms with Gasteiger partial charge in [0.2, 0.25) is 0 Å². The van der Waals surface area contributed by atoms with Crippen molar-refractivity contribution < 1.29 is 9.90 Å². The summed E-state index contributed by atoms with van der Waals surface area (Å²) < 4.78 is 1.98. The van der Waals surface area contributed by atoms with E-state index in [4.69, 9.17) is 5.26 Å². The fourth-order valence-corrected chi connectivity index (χ4v) is 3.41. The van der Waals surface area contributed by atoms with Crippen LogP contribution in [0.5, 0.6) is 0 Å². The smallest absolute Gasteiger partial charge is 0.408 e. The summed E-state index contributed by atoms with van der Waals surface area (Å²) in [5.41, 5.74) is 1.13. The number of carbonyl (C=O) groups is 1. The lowest BCUT2D eigenvalue weighted by atomic mass is 9.82. The van der Waals surface area contributed by atoms with E-state index in [2.05, 4.69) is 11.4 Å². The average molecular weight is 260 g/mol. The van der Waals surface area contributed by atoms with E-state index in [0.717, 1.165) is 31.6 Å². The number of piperidine rings is 1. The molecule has 0 atom stereocenters. The van der Waals surface area contributed by atoms with E-state index in [1.807, 2.05) is 10.6 Å². The molecule has 1 amide bonds. The van der Waals surface area contributed by atoms with Gasteiger partial charge in [0.1, 0.15) is 11.8 Å².